The van der Waals surface area contributed by atoms with Gasteiger partial charge in [-0.25, -0.2) is 4.79 Å². The van der Waals surface area contributed by atoms with Crippen LogP contribution >= 0.6 is 15.9 Å². The van der Waals surface area contributed by atoms with E-state index < -0.39 is 29.3 Å². The second-order valence-corrected chi connectivity index (χ2v) is 4.77. The first-order valence-electron chi connectivity index (χ1n) is 5.38. The Morgan fingerprint density at radius 2 is 1.95 bits per heavy atom. The molecule has 2 unspecified atom stereocenters. The molecule has 0 bridgehead atoms. The monoisotopic (exact) mass is 352 g/mol. The zero-order chi connectivity index (χ0) is 15.4. The summed E-state index contributed by atoms with van der Waals surface area (Å²) in [5, 5.41) is 18.5. The highest BCUT2D eigenvalue weighted by Crippen LogP contribution is 2.37. The van der Waals surface area contributed by atoms with E-state index in [1.165, 1.54) is 19.1 Å². The van der Waals surface area contributed by atoms with Crippen molar-refractivity contribution in [1.29, 1.82) is 0 Å². The number of rotatable bonds is 6. The number of alkyl halides is 3. The molecule has 0 aliphatic rings. The standard InChI is InChI=1S/C12H11BrF2O5/c1-5(16)9(13)6-3-2-4-7(20-12(14)15)8(6)10(17)11(18)19/h2-4,9-10,12,17H,1H3,(H,18,19). The molecule has 110 valence electrons. The Morgan fingerprint density at radius 1 is 1.35 bits per heavy atom. The molecule has 8 heteroatoms. The number of aliphatic hydroxyl groups excluding tert-OH is 1. The highest BCUT2D eigenvalue weighted by atomic mass is 79.9. The summed E-state index contributed by atoms with van der Waals surface area (Å²) in [7, 11) is 0. The molecule has 0 saturated carbocycles. The molecule has 1 aromatic rings. The van der Waals surface area contributed by atoms with Crippen LogP contribution in [0.3, 0.4) is 0 Å². The quantitative estimate of drug-likeness (QED) is 0.768. The van der Waals surface area contributed by atoms with Crippen LogP contribution in [-0.4, -0.2) is 28.6 Å². The molecule has 0 aromatic heterocycles. The van der Waals surface area contributed by atoms with E-state index in [0.29, 0.717) is 0 Å². The molecule has 2 atom stereocenters. The van der Waals surface area contributed by atoms with Crippen molar-refractivity contribution in [1.82, 2.24) is 0 Å². The van der Waals surface area contributed by atoms with Crippen molar-refractivity contribution in [2.75, 3.05) is 0 Å². The first-order valence-corrected chi connectivity index (χ1v) is 6.30. The van der Waals surface area contributed by atoms with Gasteiger partial charge in [0.1, 0.15) is 11.5 Å². The highest BCUT2D eigenvalue weighted by Gasteiger charge is 2.29. The van der Waals surface area contributed by atoms with Gasteiger partial charge in [0, 0.05) is 5.56 Å². The summed E-state index contributed by atoms with van der Waals surface area (Å²) in [6, 6.07) is 3.76. The third-order valence-electron chi connectivity index (χ3n) is 2.45. The Bertz CT molecular complexity index is 521. The molecule has 0 aliphatic carbocycles. The summed E-state index contributed by atoms with van der Waals surface area (Å²) in [6.45, 7) is -1.95. The minimum absolute atomic E-state index is 0.0607. The number of halogens is 3. The van der Waals surface area contributed by atoms with E-state index in [1.807, 2.05) is 0 Å². The van der Waals surface area contributed by atoms with Crippen LogP contribution in [0.5, 0.6) is 5.75 Å². The van der Waals surface area contributed by atoms with E-state index in [4.69, 9.17) is 5.11 Å². The van der Waals surface area contributed by atoms with Crippen LogP contribution in [0.4, 0.5) is 8.78 Å². The number of Topliss-reactive ketones (excluding diaryl/α,β-unsaturated/α-hetero) is 1. The maximum absolute atomic E-state index is 12.3. The van der Waals surface area contributed by atoms with Gasteiger partial charge in [-0.3, -0.25) is 4.79 Å². The third kappa shape index (κ3) is 3.73. The van der Waals surface area contributed by atoms with Crippen LogP contribution in [0.15, 0.2) is 18.2 Å². The molecule has 0 radical (unpaired) electrons. The van der Waals surface area contributed by atoms with Gasteiger partial charge >= 0.3 is 12.6 Å². The smallest absolute Gasteiger partial charge is 0.387 e. The highest BCUT2D eigenvalue weighted by molar-refractivity contribution is 9.09. The molecule has 0 amide bonds. The molecule has 0 fully saturated rings. The molecule has 0 heterocycles. The number of carboxylic acid groups (broad SMARTS) is 1. The van der Waals surface area contributed by atoms with Crippen LogP contribution in [0.2, 0.25) is 0 Å². The van der Waals surface area contributed by atoms with Gasteiger partial charge in [-0.2, -0.15) is 8.78 Å². The van der Waals surface area contributed by atoms with Gasteiger partial charge in [0.2, 0.25) is 0 Å². The maximum atomic E-state index is 12.3. The van der Waals surface area contributed by atoms with Crippen molar-refractivity contribution in [2.24, 2.45) is 0 Å². The number of ketones is 1. The van der Waals surface area contributed by atoms with Crippen molar-refractivity contribution >= 4 is 27.7 Å². The van der Waals surface area contributed by atoms with Crippen molar-refractivity contribution in [3.8, 4) is 5.75 Å². The first-order chi connectivity index (χ1) is 9.25. The number of carbonyl (C=O) groups is 2. The van der Waals surface area contributed by atoms with Gasteiger partial charge in [-0.05, 0) is 18.6 Å². The Morgan fingerprint density at radius 3 is 2.40 bits per heavy atom. The van der Waals surface area contributed by atoms with Crippen LogP contribution < -0.4 is 4.74 Å². The summed E-state index contributed by atoms with van der Waals surface area (Å²) < 4.78 is 28.9. The number of ether oxygens (including phenoxy) is 1. The number of aliphatic carboxylic acids is 1. The van der Waals surface area contributed by atoms with Gasteiger partial charge in [0.15, 0.2) is 6.10 Å². The third-order valence-corrected chi connectivity index (χ3v) is 3.59. The average molecular weight is 353 g/mol. The van der Waals surface area contributed by atoms with Crippen molar-refractivity contribution in [3.63, 3.8) is 0 Å². The van der Waals surface area contributed by atoms with Crippen LogP contribution in [0, 0.1) is 0 Å². The minimum Gasteiger partial charge on any atom is -0.479 e. The van der Waals surface area contributed by atoms with Crippen LogP contribution in [-0.2, 0) is 9.59 Å². The van der Waals surface area contributed by atoms with E-state index >= 15 is 0 Å². The molecule has 5 nitrogen and oxygen atoms in total. The van der Waals surface area contributed by atoms with Crippen LogP contribution in [0.25, 0.3) is 0 Å². The Balaban J connectivity index is 3.43. The number of hydrogen-bond donors (Lipinski definition) is 2. The average Bonchev–Trinajstić information content (AvgIpc) is 2.35. The number of carbonyl (C=O) groups excluding carboxylic acids is 1. The molecule has 2 N–H and O–H groups in total. The number of hydrogen-bond acceptors (Lipinski definition) is 4. The van der Waals surface area contributed by atoms with Crippen molar-refractivity contribution < 1.29 is 33.3 Å². The molecule has 20 heavy (non-hydrogen) atoms. The fourth-order valence-corrected chi connectivity index (χ4v) is 2.02. The summed E-state index contributed by atoms with van der Waals surface area (Å²) >= 11 is 3.02. The molecular formula is C12H11BrF2O5. The summed E-state index contributed by atoms with van der Waals surface area (Å²) in [5.41, 5.74) is -0.317. The lowest BCUT2D eigenvalue weighted by molar-refractivity contribution is -0.147. The first kappa shape index (κ1) is 16.5. The Hall–Kier alpha value is -1.54. The lowest BCUT2D eigenvalue weighted by atomic mass is 9.97. The fourth-order valence-electron chi connectivity index (χ4n) is 1.62. The Kier molecular flexibility index (Phi) is 5.58. The summed E-state index contributed by atoms with van der Waals surface area (Å²) in [4.78, 5) is 21.3. The lowest BCUT2D eigenvalue weighted by Crippen LogP contribution is -2.17. The molecule has 1 aromatic carbocycles. The van der Waals surface area contributed by atoms with Crippen LogP contribution in [0.1, 0.15) is 29.0 Å². The summed E-state index contributed by atoms with van der Waals surface area (Å²) in [5.74, 6) is -2.50. The SMILES string of the molecule is CC(=O)C(Br)c1cccc(OC(F)F)c1C(O)C(=O)O. The molecule has 0 saturated heterocycles. The van der Waals surface area contributed by atoms with E-state index in [1.54, 1.807) is 0 Å². The van der Waals surface area contributed by atoms with Gasteiger partial charge in [0.25, 0.3) is 0 Å². The largest absolute Gasteiger partial charge is 0.479 e. The summed E-state index contributed by atoms with van der Waals surface area (Å²) in [6.07, 6.45) is -2.08. The minimum atomic E-state index is -3.18. The number of benzene rings is 1. The van der Waals surface area contributed by atoms with Gasteiger partial charge in [-0.1, -0.05) is 28.1 Å². The molecule has 1 rings (SSSR count). The molecule has 0 aliphatic heterocycles. The van der Waals surface area contributed by atoms with Gasteiger partial charge in [-0.15, -0.1) is 0 Å². The second kappa shape index (κ2) is 6.76. The maximum Gasteiger partial charge on any atom is 0.387 e. The fraction of sp³-hybridized carbons (Fsp3) is 0.333. The van der Waals surface area contributed by atoms with Crippen molar-refractivity contribution in [2.45, 2.75) is 24.5 Å². The molecule has 0 spiro atoms. The van der Waals surface area contributed by atoms with Gasteiger partial charge < -0.3 is 14.9 Å². The normalized spacial score (nSPS) is 13.9. The predicted octanol–water partition coefficient (Wildman–Crippen LogP) is 2.43. The van der Waals surface area contributed by atoms with Gasteiger partial charge in [0.05, 0.1) is 4.83 Å². The second-order valence-electron chi connectivity index (χ2n) is 3.85. The van der Waals surface area contributed by atoms with E-state index in [0.717, 1.165) is 6.07 Å². The predicted molar refractivity (Wildman–Crippen MR) is 68.0 cm³/mol. The number of carboxylic acids is 1. The Labute approximate surface area is 121 Å². The molecular weight excluding hydrogens is 342 g/mol. The van der Waals surface area contributed by atoms with Crippen molar-refractivity contribution in [3.05, 3.63) is 29.3 Å². The van der Waals surface area contributed by atoms with E-state index in [-0.39, 0.29) is 16.9 Å². The van der Waals surface area contributed by atoms with E-state index in [9.17, 15) is 23.5 Å². The zero-order valence-electron chi connectivity index (χ0n) is 10.2. The zero-order valence-corrected chi connectivity index (χ0v) is 11.8. The lowest BCUT2D eigenvalue weighted by Gasteiger charge is -2.19. The number of aliphatic hydroxyl groups is 1. The topological polar surface area (TPSA) is 83.8 Å². The van der Waals surface area contributed by atoms with E-state index in [2.05, 4.69) is 20.7 Å².